The van der Waals surface area contributed by atoms with E-state index < -0.39 is 0 Å². The van der Waals surface area contributed by atoms with Gasteiger partial charge in [-0.2, -0.15) is 0 Å². The van der Waals surface area contributed by atoms with Crippen LogP contribution in [-0.4, -0.2) is 9.55 Å². The number of nitrogens with zero attached hydrogens (tertiary/aromatic N) is 2. The van der Waals surface area contributed by atoms with Gasteiger partial charge in [0.15, 0.2) is 5.82 Å². The molecule has 1 N–H and O–H groups in total. The Kier molecular flexibility index (Phi) is 4.04. The molecule has 2 aromatic heterocycles. The fourth-order valence-electron chi connectivity index (χ4n) is 1.86. The van der Waals surface area contributed by atoms with Crippen LogP contribution in [0.5, 0.6) is 0 Å². The van der Waals surface area contributed by atoms with E-state index in [1.165, 1.54) is 15.3 Å². The van der Waals surface area contributed by atoms with Crippen LogP contribution in [0.25, 0.3) is 0 Å². The molecule has 0 atom stereocenters. The lowest BCUT2D eigenvalue weighted by Crippen LogP contribution is -2.25. The molecule has 19 heavy (non-hydrogen) atoms. The molecule has 0 fully saturated rings. The van der Waals surface area contributed by atoms with Gasteiger partial charge in [0.05, 0.1) is 6.54 Å². The fourth-order valence-corrected chi connectivity index (χ4v) is 2.85. The van der Waals surface area contributed by atoms with Crippen molar-refractivity contribution in [1.29, 1.82) is 0 Å². The van der Waals surface area contributed by atoms with Crippen molar-refractivity contribution in [2.75, 3.05) is 5.32 Å². The van der Waals surface area contributed by atoms with Crippen LogP contribution in [-0.2, 0) is 6.54 Å². The summed E-state index contributed by atoms with van der Waals surface area (Å²) in [6.07, 6.45) is 3.38. The first kappa shape index (κ1) is 13.8. The Morgan fingerprint density at radius 2 is 2.16 bits per heavy atom. The molecular formula is C14H19N3OS. The van der Waals surface area contributed by atoms with E-state index in [1.54, 1.807) is 28.3 Å². The van der Waals surface area contributed by atoms with Gasteiger partial charge in [-0.1, -0.05) is 0 Å². The highest BCUT2D eigenvalue weighted by Gasteiger charge is 2.08. The maximum atomic E-state index is 12.1. The summed E-state index contributed by atoms with van der Waals surface area (Å²) in [5, 5.41) is 3.13. The van der Waals surface area contributed by atoms with E-state index in [-0.39, 0.29) is 11.6 Å². The fraction of sp³-hybridized carbons (Fsp3) is 0.429. The van der Waals surface area contributed by atoms with Gasteiger partial charge in [0.25, 0.3) is 5.56 Å². The molecule has 2 rings (SSSR count). The number of nitrogens with one attached hydrogen (secondary N) is 1. The molecule has 0 aliphatic rings. The smallest absolute Gasteiger partial charge is 0.293 e. The van der Waals surface area contributed by atoms with Crippen LogP contribution >= 0.6 is 11.3 Å². The normalized spacial score (nSPS) is 11.0. The van der Waals surface area contributed by atoms with Crippen molar-refractivity contribution < 1.29 is 0 Å². The molecule has 5 heteroatoms. The third-order valence-electron chi connectivity index (χ3n) is 3.07. The molecule has 0 bridgehead atoms. The zero-order chi connectivity index (χ0) is 14.0. The maximum Gasteiger partial charge on any atom is 0.293 e. The SMILES string of the molecule is Cc1cc(CNc2nccn(C(C)C)c2=O)sc1C. The van der Waals surface area contributed by atoms with Crippen molar-refractivity contribution in [3.8, 4) is 0 Å². The first-order valence-corrected chi connectivity index (χ1v) is 7.17. The van der Waals surface area contributed by atoms with E-state index in [9.17, 15) is 4.79 Å². The van der Waals surface area contributed by atoms with Gasteiger partial charge in [0, 0.05) is 28.2 Å². The van der Waals surface area contributed by atoms with Gasteiger partial charge in [-0.3, -0.25) is 4.79 Å². The van der Waals surface area contributed by atoms with Crippen LogP contribution in [0.1, 0.15) is 35.2 Å². The average Bonchev–Trinajstić information content (AvgIpc) is 2.67. The van der Waals surface area contributed by atoms with Crippen molar-refractivity contribution in [3.63, 3.8) is 0 Å². The molecule has 2 heterocycles. The van der Waals surface area contributed by atoms with Gasteiger partial charge >= 0.3 is 0 Å². The number of aryl methyl sites for hydroxylation is 2. The Morgan fingerprint density at radius 3 is 2.74 bits per heavy atom. The van der Waals surface area contributed by atoms with Crippen molar-refractivity contribution in [1.82, 2.24) is 9.55 Å². The molecule has 0 aromatic carbocycles. The summed E-state index contributed by atoms with van der Waals surface area (Å²) in [4.78, 5) is 18.8. The lowest BCUT2D eigenvalue weighted by molar-refractivity contribution is 0.575. The minimum Gasteiger partial charge on any atom is -0.361 e. The molecule has 0 saturated heterocycles. The van der Waals surface area contributed by atoms with Gasteiger partial charge in [-0.15, -0.1) is 11.3 Å². The standard InChI is InChI=1S/C14H19N3OS/c1-9(2)17-6-5-15-13(14(17)18)16-8-12-7-10(3)11(4)19-12/h5-7,9H,8H2,1-4H3,(H,15,16). The quantitative estimate of drug-likeness (QED) is 0.934. The summed E-state index contributed by atoms with van der Waals surface area (Å²) >= 11 is 1.75. The van der Waals surface area contributed by atoms with Gasteiger partial charge in [0.1, 0.15) is 0 Å². The number of anilines is 1. The summed E-state index contributed by atoms with van der Waals surface area (Å²) in [6, 6.07) is 2.29. The second-order valence-corrected chi connectivity index (χ2v) is 6.23. The predicted molar refractivity (Wildman–Crippen MR) is 80.0 cm³/mol. The Bertz CT molecular complexity index is 608. The third kappa shape index (κ3) is 3.04. The number of aromatic nitrogens is 2. The second-order valence-electron chi connectivity index (χ2n) is 4.89. The van der Waals surface area contributed by atoms with Gasteiger partial charge < -0.3 is 9.88 Å². The number of rotatable bonds is 4. The highest BCUT2D eigenvalue weighted by molar-refractivity contribution is 7.12. The minimum atomic E-state index is -0.0671. The van der Waals surface area contributed by atoms with E-state index in [2.05, 4.69) is 30.2 Å². The molecule has 0 amide bonds. The average molecular weight is 277 g/mol. The summed E-state index contributed by atoms with van der Waals surface area (Å²) < 4.78 is 1.68. The molecule has 2 aromatic rings. The highest BCUT2D eigenvalue weighted by atomic mass is 32.1. The van der Waals surface area contributed by atoms with E-state index in [4.69, 9.17) is 0 Å². The number of thiophene rings is 1. The van der Waals surface area contributed by atoms with Crippen LogP contribution in [0.15, 0.2) is 23.3 Å². The molecule has 0 aliphatic carbocycles. The van der Waals surface area contributed by atoms with E-state index in [1.807, 2.05) is 13.8 Å². The first-order chi connectivity index (χ1) is 8.99. The van der Waals surface area contributed by atoms with Crippen molar-refractivity contribution in [3.05, 3.63) is 44.1 Å². The largest absolute Gasteiger partial charge is 0.361 e. The van der Waals surface area contributed by atoms with Crippen LogP contribution in [0.3, 0.4) is 0 Å². The molecule has 0 unspecified atom stereocenters. The lowest BCUT2D eigenvalue weighted by atomic mass is 10.3. The van der Waals surface area contributed by atoms with Crippen molar-refractivity contribution in [2.45, 2.75) is 40.3 Å². The minimum absolute atomic E-state index is 0.0671. The number of hydrogen-bond acceptors (Lipinski definition) is 4. The Hall–Kier alpha value is -1.62. The van der Waals surface area contributed by atoms with Crippen LogP contribution in [0.2, 0.25) is 0 Å². The number of hydrogen-bond donors (Lipinski definition) is 1. The maximum absolute atomic E-state index is 12.1. The van der Waals surface area contributed by atoms with Gasteiger partial charge in [0.2, 0.25) is 0 Å². The zero-order valence-electron chi connectivity index (χ0n) is 11.7. The lowest BCUT2D eigenvalue weighted by Gasteiger charge is -2.11. The Morgan fingerprint density at radius 1 is 1.42 bits per heavy atom. The summed E-state index contributed by atoms with van der Waals surface area (Å²) in [7, 11) is 0. The zero-order valence-corrected chi connectivity index (χ0v) is 12.5. The van der Waals surface area contributed by atoms with Crippen molar-refractivity contribution >= 4 is 17.2 Å². The first-order valence-electron chi connectivity index (χ1n) is 6.36. The van der Waals surface area contributed by atoms with Crippen LogP contribution < -0.4 is 10.9 Å². The van der Waals surface area contributed by atoms with E-state index in [0.717, 1.165) is 0 Å². The van der Waals surface area contributed by atoms with E-state index >= 15 is 0 Å². The molecule has 4 nitrogen and oxygen atoms in total. The predicted octanol–water partition coefficient (Wildman–Crippen LogP) is 3.11. The third-order valence-corrected chi connectivity index (χ3v) is 4.22. The molecule has 0 radical (unpaired) electrons. The van der Waals surface area contributed by atoms with E-state index in [0.29, 0.717) is 12.4 Å². The van der Waals surface area contributed by atoms with Gasteiger partial charge in [-0.05, 0) is 39.3 Å². The molecule has 0 saturated carbocycles. The monoisotopic (exact) mass is 277 g/mol. The Balaban J connectivity index is 2.16. The molecule has 102 valence electrons. The second kappa shape index (κ2) is 5.57. The summed E-state index contributed by atoms with van der Waals surface area (Å²) in [6.45, 7) is 8.82. The molecular weight excluding hydrogens is 258 g/mol. The molecule has 0 aliphatic heterocycles. The molecule has 0 spiro atoms. The topological polar surface area (TPSA) is 46.9 Å². The van der Waals surface area contributed by atoms with Crippen LogP contribution in [0, 0.1) is 13.8 Å². The Labute approximate surface area is 117 Å². The van der Waals surface area contributed by atoms with Crippen LogP contribution in [0.4, 0.5) is 5.82 Å². The summed E-state index contributed by atoms with van der Waals surface area (Å²) in [5.74, 6) is 0.417. The summed E-state index contributed by atoms with van der Waals surface area (Å²) in [5.41, 5.74) is 1.23. The van der Waals surface area contributed by atoms with Gasteiger partial charge in [-0.25, -0.2) is 4.98 Å². The van der Waals surface area contributed by atoms with Crippen molar-refractivity contribution in [2.24, 2.45) is 0 Å². The highest BCUT2D eigenvalue weighted by Crippen LogP contribution is 2.20.